The van der Waals surface area contributed by atoms with Crippen molar-refractivity contribution in [2.45, 2.75) is 40.3 Å². The molecule has 0 N–H and O–H groups in total. The molecule has 5 radical (unpaired) electrons. The average Bonchev–Trinajstić information content (AvgIpc) is 3.38. The normalized spacial score (nSPS) is 15.5. The van der Waals surface area contributed by atoms with Crippen LogP contribution in [0.5, 0.6) is 0 Å². The van der Waals surface area contributed by atoms with Gasteiger partial charge in [-0.25, -0.2) is 0 Å². The molecule has 0 unspecified atom stereocenters. The van der Waals surface area contributed by atoms with Crippen LogP contribution in [-0.4, -0.2) is 5.66 Å². The summed E-state index contributed by atoms with van der Waals surface area (Å²) in [4.78, 5) is 0. The van der Waals surface area contributed by atoms with Gasteiger partial charge in [0.2, 0.25) is 0 Å². The van der Waals surface area contributed by atoms with E-state index in [0.717, 1.165) is 0 Å². The molecule has 0 spiro atoms. The molecular weight excluding hydrogens is 482 g/mol. The van der Waals surface area contributed by atoms with Gasteiger partial charge in [0.1, 0.15) is 0 Å². The summed E-state index contributed by atoms with van der Waals surface area (Å²) >= 11 is 0. The van der Waals surface area contributed by atoms with Crippen molar-refractivity contribution in [2.24, 2.45) is 0 Å². The summed E-state index contributed by atoms with van der Waals surface area (Å²) < 4.78 is 0. The summed E-state index contributed by atoms with van der Waals surface area (Å²) in [6.07, 6.45) is 7.07. The van der Waals surface area contributed by atoms with Gasteiger partial charge in [0.15, 0.2) is 0 Å². The van der Waals surface area contributed by atoms with Crippen molar-refractivity contribution in [3.8, 4) is 0 Å². The van der Waals surface area contributed by atoms with Gasteiger partial charge in [-0.3, -0.25) is 0 Å². The topological polar surface area (TPSA) is 0 Å². The minimum absolute atomic E-state index is 0.386. The van der Waals surface area contributed by atoms with Crippen molar-refractivity contribution in [3.05, 3.63) is 150 Å². The molecule has 1 aliphatic carbocycles. The highest BCUT2D eigenvalue weighted by atomic mass is 31.1. The van der Waals surface area contributed by atoms with E-state index in [1.165, 1.54) is 44.4 Å². The Morgan fingerprint density at radius 3 is 1.38 bits per heavy atom. The lowest BCUT2D eigenvalue weighted by Gasteiger charge is -2.38. The predicted octanol–water partition coefficient (Wildman–Crippen LogP) is 7.61. The fourth-order valence-electron chi connectivity index (χ4n) is 5.57. The van der Waals surface area contributed by atoms with Crippen LogP contribution in [0.2, 0.25) is 0 Å². The molecule has 4 aromatic rings. The molecule has 0 aliphatic heterocycles. The Morgan fingerprint density at radius 2 is 0.946 bits per heavy atom. The number of hydrogen-bond donors (Lipinski definition) is 0. The van der Waals surface area contributed by atoms with Crippen molar-refractivity contribution in [2.75, 3.05) is 0 Å². The van der Waals surface area contributed by atoms with Gasteiger partial charge in [-0.2, -0.15) is 0 Å². The molecule has 4 aromatic carbocycles. The van der Waals surface area contributed by atoms with E-state index in [4.69, 9.17) is 0 Å². The van der Waals surface area contributed by atoms with Gasteiger partial charge in [0.05, 0.1) is 0 Å². The highest BCUT2D eigenvalue weighted by molar-refractivity contribution is 7.77. The minimum atomic E-state index is -0.645. The van der Waals surface area contributed by atoms with Crippen molar-refractivity contribution >= 4 is 37.1 Å². The van der Waals surface area contributed by atoms with Gasteiger partial charge in [0.25, 0.3) is 0 Å². The predicted molar refractivity (Wildman–Crippen MR) is 166 cm³/mol. The molecule has 1 saturated carbocycles. The molecule has 0 aromatic heterocycles. The van der Waals surface area contributed by atoms with Crippen molar-refractivity contribution in [1.82, 2.24) is 0 Å². The smallest absolute Gasteiger partial charge is 0.0201 e. The molecule has 5 rings (SSSR count). The fourth-order valence-corrected chi connectivity index (χ4v) is 11.6. The molecule has 2 heteroatoms. The first kappa shape index (κ1) is 26.4. The van der Waals surface area contributed by atoms with Gasteiger partial charge >= 0.3 is 0 Å². The van der Waals surface area contributed by atoms with E-state index >= 15 is 0 Å². The highest BCUT2D eigenvalue weighted by Gasteiger charge is 2.43. The standard InChI is InChI=1S/C35H35P2/c1-25-15-12-16-26(2)34(25)36(35-27(3)17-13-18-28(35)4)29(5)32-23-14-24-33(32)37(30-19-8-6-9-20-30)31-21-10-7-11-22-31/h6-24,29H,1-5H3/t29-/m1/s1. The van der Waals surface area contributed by atoms with Crippen molar-refractivity contribution in [1.29, 1.82) is 0 Å². The van der Waals surface area contributed by atoms with E-state index in [1.54, 1.807) is 10.6 Å². The second kappa shape index (κ2) is 11.6. The molecule has 1 fully saturated rings. The van der Waals surface area contributed by atoms with Gasteiger partial charge in [0, 0.05) is 5.66 Å². The molecule has 1 aliphatic rings. The van der Waals surface area contributed by atoms with Gasteiger partial charge in [-0.1, -0.05) is 104 Å². The Labute approximate surface area is 227 Å². The summed E-state index contributed by atoms with van der Waals surface area (Å²) in [6, 6.07) is 35.8. The second-order valence-corrected chi connectivity index (χ2v) is 14.5. The lowest BCUT2D eigenvalue weighted by atomic mass is 10.0. The average molecular weight is 518 g/mol. The summed E-state index contributed by atoms with van der Waals surface area (Å²) in [5.74, 6) is 1.50. The zero-order valence-electron chi connectivity index (χ0n) is 22.4. The Balaban J connectivity index is 1.63. The second-order valence-electron chi connectivity index (χ2n) is 9.90. The highest BCUT2D eigenvalue weighted by Crippen LogP contribution is 2.61. The SMILES string of the molecule is Cc1cccc(C)c1P(c1c(C)cccc1C)[C@H](C)[C]1[CH][CH][CH][C]1P(c1ccccc1)c1ccccc1. The quantitative estimate of drug-likeness (QED) is 0.221. The van der Waals surface area contributed by atoms with Crippen LogP contribution >= 0.6 is 15.8 Å². The fraction of sp³-hybridized carbons (Fsp3) is 0.171. The largest absolute Gasteiger partial charge is 0.0622 e. The van der Waals surface area contributed by atoms with E-state index in [1.807, 2.05) is 0 Å². The summed E-state index contributed by atoms with van der Waals surface area (Å²) in [6.45, 7) is 11.7. The van der Waals surface area contributed by atoms with Gasteiger partial charge in [-0.15, -0.1) is 0 Å². The number of rotatable bonds is 7. The van der Waals surface area contributed by atoms with Crippen LogP contribution < -0.4 is 21.2 Å². The first-order valence-corrected chi connectivity index (χ1v) is 15.8. The van der Waals surface area contributed by atoms with Crippen LogP contribution in [-0.2, 0) is 0 Å². The Bertz CT molecular complexity index is 1200. The number of benzene rings is 4. The molecule has 0 bridgehead atoms. The first-order chi connectivity index (χ1) is 18.0. The van der Waals surface area contributed by atoms with E-state index in [0.29, 0.717) is 5.66 Å². The Hall–Kier alpha value is -2.26. The monoisotopic (exact) mass is 517 g/mol. The zero-order chi connectivity index (χ0) is 25.9. The van der Waals surface area contributed by atoms with Gasteiger partial charge < -0.3 is 0 Å². The maximum atomic E-state index is 2.48. The molecule has 185 valence electrons. The Morgan fingerprint density at radius 1 is 0.514 bits per heavy atom. The maximum Gasteiger partial charge on any atom is 0.0201 e. The Kier molecular flexibility index (Phi) is 8.29. The molecule has 0 amide bonds. The van der Waals surface area contributed by atoms with Crippen LogP contribution in [0.4, 0.5) is 0 Å². The van der Waals surface area contributed by atoms with E-state index in [9.17, 15) is 0 Å². The van der Waals surface area contributed by atoms with Crippen molar-refractivity contribution in [3.63, 3.8) is 0 Å². The van der Waals surface area contributed by atoms with Crippen molar-refractivity contribution < 1.29 is 0 Å². The van der Waals surface area contributed by atoms with Crippen LogP contribution in [0.15, 0.2) is 97.1 Å². The molecular formula is C35H35P2. The summed E-state index contributed by atoms with van der Waals surface area (Å²) in [7, 11) is -1.26. The van der Waals surface area contributed by atoms with Crippen LogP contribution in [0.3, 0.4) is 0 Å². The summed E-state index contributed by atoms with van der Waals surface area (Å²) in [5.41, 5.74) is 7.50. The molecule has 1 atom stereocenters. The van der Waals surface area contributed by atoms with E-state index in [-0.39, 0.29) is 0 Å². The molecule has 0 saturated heterocycles. The zero-order valence-corrected chi connectivity index (χ0v) is 24.2. The molecule has 0 heterocycles. The van der Waals surface area contributed by atoms with E-state index in [2.05, 4.69) is 151 Å². The number of aryl methyl sites for hydroxylation is 4. The minimum Gasteiger partial charge on any atom is -0.0622 e. The maximum absolute atomic E-state index is 2.48. The third-order valence-corrected chi connectivity index (χ3v) is 13.2. The lowest BCUT2D eigenvalue weighted by molar-refractivity contribution is 0.999. The third-order valence-electron chi connectivity index (χ3n) is 7.29. The molecule has 37 heavy (non-hydrogen) atoms. The van der Waals surface area contributed by atoms with Gasteiger partial charge in [-0.05, 0) is 118 Å². The van der Waals surface area contributed by atoms with E-state index < -0.39 is 15.8 Å². The summed E-state index contributed by atoms with van der Waals surface area (Å²) in [5, 5.41) is 5.90. The third kappa shape index (κ3) is 5.35. The van der Waals surface area contributed by atoms with Crippen LogP contribution in [0, 0.1) is 58.5 Å². The van der Waals surface area contributed by atoms with Crippen LogP contribution in [0.25, 0.3) is 0 Å². The van der Waals surface area contributed by atoms with Crippen LogP contribution in [0.1, 0.15) is 29.2 Å². The first-order valence-electron chi connectivity index (χ1n) is 13.0. The number of hydrogen-bond acceptors (Lipinski definition) is 0. The lowest BCUT2D eigenvalue weighted by Crippen LogP contribution is -2.32. The molecule has 0 nitrogen and oxygen atoms in total.